The second kappa shape index (κ2) is 8.04. The molecule has 4 heteroatoms. The quantitative estimate of drug-likeness (QED) is 0.218. The van der Waals surface area contributed by atoms with Crippen molar-refractivity contribution in [1.29, 1.82) is 0 Å². The summed E-state index contributed by atoms with van der Waals surface area (Å²) in [6.07, 6.45) is 1.97. The first-order valence-electron chi connectivity index (χ1n) is 13.6. The maximum atomic E-state index is 5.00. The Balaban J connectivity index is 1.35. The second-order valence-corrected chi connectivity index (χ2v) is 11.6. The molecule has 0 N–H and O–H groups in total. The normalized spacial score (nSPS) is 12.1. The minimum Gasteiger partial charge on any atom is -0.309 e. The number of pyridine rings is 1. The smallest absolute Gasteiger partial charge is 0.155 e. The van der Waals surface area contributed by atoms with Crippen molar-refractivity contribution in [2.75, 3.05) is 0 Å². The Kier molecular flexibility index (Phi) is 4.41. The van der Waals surface area contributed by atoms with E-state index in [4.69, 9.17) is 4.98 Å². The Morgan fingerprint density at radius 3 is 1.85 bits per heavy atom. The summed E-state index contributed by atoms with van der Waals surface area (Å²) in [4.78, 5) is 5.00. The van der Waals surface area contributed by atoms with Crippen LogP contribution in [-0.2, 0) is 0 Å². The molecule has 0 unspecified atom stereocenters. The van der Waals surface area contributed by atoms with Crippen molar-refractivity contribution < 1.29 is 0 Å². The number of benzene rings is 5. The van der Waals surface area contributed by atoms with Crippen LogP contribution >= 0.6 is 11.3 Å². The lowest BCUT2D eigenvalue weighted by Crippen LogP contribution is -1.97. The summed E-state index contributed by atoms with van der Waals surface area (Å²) in [5.41, 5.74) is 7.26. The van der Waals surface area contributed by atoms with Crippen LogP contribution < -0.4 is 0 Å². The minimum absolute atomic E-state index is 0.994. The molecule has 4 aromatic heterocycles. The molecule has 0 spiro atoms. The van der Waals surface area contributed by atoms with Crippen LogP contribution in [-0.4, -0.2) is 14.1 Å². The van der Waals surface area contributed by atoms with E-state index < -0.39 is 0 Å². The van der Waals surface area contributed by atoms with E-state index in [0.717, 1.165) is 5.82 Å². The number of fused-ring (bicyclic) bond motifs is 9. The van der Waals surface area contributed by atoms with Crippen LogP contribution in [0.1, 0.15) is 5.56 Å². The standard InChI is InChI=1S/C36H23N3S/c1-22-14-16-27-26-10-4-7-13-32(26)39(33(27)20-22)36-35-28(18-19-37-36)29-21-23(15-17-34(29)40-35)38-30-11-5-2-8-24(30)25-9-3-6-12-31(25)38/h2-21H,1H3. The molecule has 0 aliphatic heterocycles. The van der Waals surface area contributed by atoms with Gasteiger partial charge in [0.15, 0.2) is 5.82 Å². The number of aryl methyl sites for hydroxylation is 1. The molecular formula is C36H23N3S. The van der Waals surface area contributed by atoms with Gasteiger partial charge in [-0.2, -0.15) is 0 Å². The van der Waals surface area contributed by atoms with Gasteiger partial charge in [0.05, 0.1) is 26.8 Å². The predicted molar refractivity (Wildman–Crippen MR) is 171 cm³/mol. The van der Waals surface area contributed by atoms with Crippen LogP contribution in [0.25, 0.3) is 75.3 Å². The van der Waals surface area contributed by atoms with E-state index >= 15 is 0 Å². The first-order valence-corrected chi connectivity index (χ1v) is 14.4. The molecular weight excluding hydrogens is 506 g/mol. The van der Waals surface area contributed by atoms with Gasteiger partial charge in [0, 0.05) is 48.9 Å². The topological polar surface area (TPSA) is 22.8 Å². The van der Waals surface area contributed by atoms with E-state index in [0.29, 0.717) is 0 Å². The van der Waals surface area contributed by atoms with Gasteiger partial charge >= 0.3 is 0 Å². The van der Waals surface area contributed by atoms with E-state index in [-0.39, 0.29) is 0 Å². The van der Waals surface area contributed by atoms with Gasteiger partial charge in [-0.05, 0) is 61.0 Å². The molecule has 0 fully saturated rings. The average molecular weight is 530 g/mol. The molecule has 0 amide bonds. The van der Waals surface area contributed by atoms with Gasteiger partial charge < -0.3 is 4.57 Å². The predicted octanol–water partition coefficient (Wildman–Crippen LogP) is 9.95. The van der Waals surface area contributed by atoms with E-state index in [1.807, 2.05) is 17.5 Å². The van der Waals surface area contributed by atoms with Gasteiger partial charge in [0.2, 0.25) is 0 Å². The Hall–Kier alpha value is -4.93. The van der Waals surface area contributed by atoms with Gasteiger partial charge in [-0.25, -0.2) is 4.98 Å². The van der Waals surface area contributed by atoms with Crippen LogP contribution in [0.4, 0.5) is 0 Å². The number of aromatic nitrogens is 3. The molecule has 0 saturated carbocycles. The average Bonchev–Trinajstić information content (AvgIpc) is 3.64. The highest BCUT2D eigenvalue weighted by atomic mass is 32.1. The highest BCUT2D eigenvalue weighted by Gasteiger charge is 2.18. The molecule has 9 aromatic rings. The summed E-state index contributed by atoms with van der Waals surface area (Å²) >= 11 is 1.83. The first kappa shape index (κ1) is 21.9. The van der Waals surface area contributed by atoms with E-state index in [1.54, 1.807) is 0 Å². The zero-order chi connectivity index (χ0) is 26.4. The molecule has 3 nitrogen and oxygen atoms in total. The third-order valence-corrected chi connectivity index (χ3v) is 9.41. The molecule has 40 heavy (non-hydrogen) atoms. The van der Waals surface area contributed by atoms with Crippen LogP contribution in [0.2, 0.25) is 0 Å². The number of rotatable bonds is 2. The van der Waals surface area contributed by atoms with Gasteiger partial charge in [-0.3, -0.25) is 4.57 Å². The maximum absolute atomic E-state index is 5.00. The second-order valence-electron chi connectivity index (χ2n) is 10.5. The maximum Gasteiger partial charge on any atom is 0.155 e. The summed E-state index contributed by atoms with van der Waals surface area (Å²) in [6.45, 7) is 2.16. The van der Waals surface area contributed by atoms with Crippen LogP contribution in [0, 0.1) is 6.92 Å². The highest BCUT2D eigenvalue weighted by molar-refractivity contribution is 7.26. The van der Waals surface area contributed by atoms with Crippen molar-refractivity contribution in [3.8, 4) is 11.5 Å². The summed E-state index contributed by atoms with van der Waals surface area (Å²) < 4.78 is 7.22. The third kappa shape index (κ3) is 2.91. The zero-order valence-electron chi connectivity index (χ0n) is 21.8. The molecule has 0 aliphatic carbocycles. The van der Waals surface area contributed by atoms with E-state index in [2.05, 4.69) is 131 Å². The monoisotopic (exact) mass is 529 g/mol. The summed E-state index contributed by atoms with van der Waals surface area (Å²) in [7, 11) is 0. The molecule has 0 saturated heterocycles. The largest absolute Gasteiger partial charge is 0.309 e. The Labute approximate surface area is 234 Å². The Morgan fingerprint density at radius 1 is 0.525 bits per heavy atom. The minimum atomic E-state index is 0.994. The first-order chi connectivity index (χ1) is 19.8. The lowest BCUT2D eigenvalue weighted by molar-refractivity contribution is 1.10. The molecule has 0 radical (unpaired) electrons. The fourth-order valence-electron chi connectivity index (χ4n) is 6.49. The molecule has 0 atom stereocenters. The number of hydrogen-bond donors (Lipinski definition) is 0. The van der Waals surface area contributed by atoms with Crippen molar-refractivity contribution in [1.82, 2.24) is 14.1 Å². The van der Waals surface area contributed by atoms with Crippen molar-refractivity contribution in [3.63, 3.8) is 0 Å². The van der Waals surface area contributed by atoms with Crippen LogP contribution in [0.5, 0.6) is 0 Å². The van der Waals surface area contributed by atoms with Gasteiger partial charge in [-0.1, -0.05) is 66.7 Å². The van der Waals surface area contributed by atoms with Gasteiger partial charge in [0.1, 0.15) is 0 Å². The molecule has 5 aromatic carbocycles. The van der Waals surface area contributed by atoms with Gasteiger partial charge in [-0.15, -0.1) is 11.3 Å². The Bertz CT molecular complexity index is 2400. The number of hydrogen-bond acceptors (Lipinski definition) is 2. The number of para-hydroxylation sites is 3. The zero-order valence-corrected chi connectivity index (χ0v) is 22.6. The summed E-state index contributed by atoms with van der Waals surface area (Å²) in [5.74, 6) is 0.994. The van der Waals surface area contributed by atoms with Crippen molar-refractivity contribution in [2.45, 2.75) is 6.92 Å². The fraction of sp³-hybridized carbons (Fsp3) is 0.0278. The SMILES string of the molecule is Cc1ccc2c3ccccc3n(-c3nccc4c3sc3ccc(-n5c6ccccc6c6ccccc65)cc34)c2c1. The molecule has 188 valence electrons. The van der Waals surface area contributed by atoms with Crippen molar-refractivity contribution in [3.05, 3.63) is 127 Å². The highest BCUT2D eigenvalue weighted by Crippen LogP contribution is 2.41. The van der Waals surface area contributed by atoms with Crippen molar-refractivity contribution in [2.24, 2.45) is 0 Å². The third-order valence-electron chi connectivity index (χ3n) is 8.23. The molecule has 0 bridgehead atoms. The molecule has 4 heterocycles. The van der Waals surface area contributed by atoms with Crippen LogP contribution in [0.3, 0.4) is 0 Å². The molecule has 0 aliphatic rings. The number of thiophene rings is 1. The van der Waals surface area contributed by atoms with Crippen LogP contribution in [0.15, 0.2) is 121 Å². The Morgan fingerprint density at radius 2 is 1.15 bits per heavy atom. The van der Waals surface area contributed by atoms with E-state index in [1.165, 1.54) is 75.0 Å². The summed E-state index contributed by atoms with van der Waals surface area (Å²) in [5, 5.41) is 7.58. The van der Waals surface area contributed by atoms with Crippen molar-refractivity contribution >= 4 is 75.1 Å². The fourth-order valence-corrected chi connectivity index (χ4v) is 7.64. The lowest BCUT2D eigenvalue weighted by Gasteiger charge is -2.09. The van der Waals surface area contributed by atoms with Gasteiger partial charge in [0.25, 0.3) is 0 Å². The van der Waals surface area contributed by atoms with E-state index in [9.17, 15) is 0 Å². The lowest BCUT2D eigenvalue weighted by atomic mass is 10.1. The number of nitrogens with zero attached hydrogens (tertiary/aromatic N) is 3. The summed E-state index contributed by atoms with van der Waals surface area (Å²) in [6, 6.07) is 41.8. The molecule has 9 rings (SSSR count).